The molecule has 1 rings (SSSR count). The van der Waals surface area contributed by atoms with E-state index in [0.29, 0.717) is 25.4 Å². The van der Waals surface area contributed by atoms with Crippen molar-refractivity contribution >= 4 is 11.9 Å². The Bertz CT molecular complexity index is 266. The van der Waals surface area contributed by atoms with Gasteiger partial charge in [-0.2, -0.15) is 0 Å². The molecule has 0 bridgehead atoms. The van der Waals surface area contributed by atoms with Crippen LogP contribution in [0.4, 0.5) is 4.79 Å². The first-order valence-electron chi connectivity index (χ1n) is 6.39. The number of hydrogen-bond acceptors (Lipinski definition) is 2. The van der Waals surface area contributed by atoms with Gasteiger partial charge < -0.3 is 15.5 Å². The van der Waals surface area contributed by atoms with Gasteiger partial charge in [-0.1, -0.05) is 13.8 Å². The van der Waals surface area contributed by atoms with Gasteiger partial charge >= 0.3 is 6.03 Å². The fourth-order valence-electron chi connectivity index (χ4n) is 1.77. The van der Waals surface area contributed by atoms with Crippen molar-refractivity contribution < 1.29 is 9.59 Å². The lowest BCUT2D eigenvalue weighted by molar-refractivity contribution is -0.127. The molecule has 1 aliphatic rings. The van der Waals surface area contributed by atoms with Crippen molar-refractivity contribution in [3.63, 3.8) is 0 Å². The molecule has 1 fully saturated rings. The van der Waals surface area contributed by atoms with E-state index in [4.69, 9.17) is 0 Å². The molecule has 0 aromatic heterocycles. The van der Waals surface area contributed by atoms with Crippen molar-refractivity contribution in [2.45, 2.75) is 33.1 Å². The molecular formula is C12H23N3O2. The molecule has 5 heteroatoms. The topological polar surface area (TPSA) is 61.4 Å². The molecule has 17 heavy (non-hydrogen) atoms. The van der Waals surface area contributed by atoms with Crippen LogP contribution in [0.1, 0.15) is 33.1 Å². The maximum atomic E-state index is 11.3. The highest BCUT2D eigenvalue weighted by atomic mass is 16.2. The van der Waals surface area contributed by atoms with Crippen molar-refractivity contribution in [2.24, 2.45) is 5.92 Å². The predicted octanol–water partition coefficient (Wildman–Crippen LogP) is 0.954. The number of carbonyl (C=O) groups excluding carboxylic acids is 2. The van der Waals surface area contributed by atoms with Gasteiger partial charge in [0.05, 0.1) is 0 Å². The molecule has 3 amide bonds. The van der Waals surface area contributed by atoms with Crippen molar-refractivity contribution in [3.05, 3.63) is 0 Å². The Labute approximate surface area is 103 Å². The summed E-state index contributed by atoms with van der Waals surface area (Å²) in [4.78, 5) is 24.5. The van der Waals surface area contributed by atoms with Crippen molar-refractivity contribution in [1.82, 2.24) is 15.5 Å². The summed E-state index contributed by atoms with van der Waals surface area (Å²) in [5.41, 5.74) is 0. The van der Waals surface area contributed by atoms with Gasteiger partial charge in [0.25, 0.3) is 0 Å². The first-order valence-corrected chi connectivity index (χ1v) is 6.39. The van der Waals surface area contributed by atoms with Crippen LogP contribution in [0.5, 0.6) is 0 Å². The monoisotopic (exact) mass is 241 g/mol. The number of rotatable bonds is 6. The summed E-state index contributed by atoms with van der Waals surface area (Å²) in [6, 6.07) is -0.119. The molecule has 1 aliphatic heterocycles. The van der Waals surface area contributed by atoms with Crippen LogP contribution in [-0.4, -0.2) is 43.0 Å². The molecule has 1 saturated heterocycles. The Morgan fingerprint density at radius 1 is 1.41 bits per heavy atom. The van der Waals surface area contributed by atoms with E-state index < -0.39 is 0 Å². The molecule has 0 radical (unpaired) electrons. The fraction of sp³-hybridized carbons (Fsp3) is 0.833. The third-order valence-corrected chi connectivity index (χ3v) is 2.73. The molecule has 5 nitrogen and oxygen atoms in total. The molecule has 0 atom stereocenters. The summed E-state index contributed by atoms with van der Waals surface area (Å²) in [5.74, 6) is 0.706. The summed E-state index contributed by atoms with van der Waals surface area (Å²) in [7, 11) is 0. The van der Waals surface area contributed by atoms with Crippen LogP contribution in [0.25, 0.3) is 0 Å². The highest BCUT2D eigenvalue weighted by Crippen LogP contribution is 2.09. The number of likely N-dealkylation sites (tertiary alicyclic amines) is 1. The Hall–Kier alpha value is -1.26. The molecule has 0 spiro atoms. The average molecular weight is 241 g/mol. The molecule has 0 saturated carbocycles. The van der Waals surface area contributed by atoms with E-state index in [1.807, 2.05) is 4.90 Å². The van der Waals surface area contributed by atoms with E-state index >= 15 is 0 Å². The van der Waals surface area contributed by atoms with Crippen molar-refractivity contribution in [2.75, 3.05) is 26.2 Å². The van der Waals surface area contributed by atoms with E-state index in [1.54, 1.807) is 0 Å². The van der Waals surface area contributed by atoms with Crippen LogP contribution in [0.15, 0.2) is 0 Å². The molecule has 2 N–H and O–H groups in total. The lowest BCUT2D eigenvalue weighted by Gasteiger charge is -2.15. The van der Waals surface area contributed by atoms with Crippen molar-refractivity contribution in [1.29, 1.82) is 0 Å². The van der Waals surface area contributed by atoms with Crippen LogP contribution in [0.3, 0.4) is 0 Å². The van der Waals surface area contributed by atoms with Gasteiger partial charge in [0.1, 0.15) is 0 Å². The highest BCUT2D eigenvalue weighted by molar-refractivity contribution is 5.78. The molecule has 98 valence electrons. The number of hydrogen-bond donors (Lipinski definition) is 2. The largest absolute Gasteiger partial charge is 0.343 e. The van der Waals surface area contributed by atoms with E-state index in [2.05, 4.69) is 24.5 Å². The van der Waals surface area contributed by atoms with Crippen LogP contribution in [0.2, 0.25) is 0 Å². The van der Waals surface area contributed by atoms with Crippen LogP contribution in [0, 0.1) is 5.92 Å². The summed E-state index contributed by atoms with van der Waals surface area (Å²) in [5, 5.41) is 5.58. The van der Waals surface area contributed by atoms with E-state index in [-0.39, 0.29) is 11.9 Å². The quantitative estimate of drug-likeness (QED) is 0.680. The number of nitrogens with one attached hydrogen (secondary N) is 2. The maximum Gasteiger partial charge on any atom is 0.314 e. The second kappa shape index (κ2) is 7.14. The van der Waals surface area contributed by atoms with E-state index in [0.717, 1.165) is 25.9 Å². The standard InChI is InChI=1S/C12H23N3O2/c1-10(2)9-14-12(17)13-6-4-8-15-7-3-5-11(15)16/h10H,3-9H2,1-2H3,(H2,13,14,17). The number of nitrogens with zero attached hydrogens (tertiary/aromatic N) is 1. The first-order chi connectivity index (χ1) is 8.09. The minimum absolute atomic E-state index is 0.119. The lowest BCUT2D eigenvalue weighted by Crippen LogP contribution is -2.38. The van der Waals surface area contributed by atoms with Gasteiger partial charge in [-0.15, -0.1) is 0 Å². The molecule has 0 unspecified atom stereocenters. The van der Waals surface area contributed by atoms with Gasteiger partial charge in [0.2, 0.25) is 5.91 Å². The van der Waals surface area contributed by atoms with Crippen LogP contribution < -0.4 is 10.6 Å². The SMILES string of the molecule is CC(C)CNC(=O)NCCCN1CCCC1=O. The van der Waals surface area contributed by atoms with Gasteiger partial charge in [-0.05, 0) is 18.8 Å². The highest BCUT2D eigenvalue weighted by Gasteiger charge is 2.18. The third kappa shape index (κ3) is 5.56. The zero-order chi connectivity index (χ0) is 12.7. The van der Waals surface area contributed by atoms with Gasteiger partial charge in [-0.25, -0.2) is 4.79 Å². The Balaban J connectivity index is 2.00. The average Bonchev–Trinajstić information content (AvgIpc) is 2.68. The molecule has 1 heterocycles. The van der Waals surface area contributed by atoms with E-state index in [1.165, 1.54) is 0 Å². The smallest absolute Gasteiger partial charge is 0.314 e. The van der Waals surface area contributed by atoms with Crippen LogP contribution >= 0.6 is 0 Å². The second-order valence-electron chi connectivity index (χ2n) is 4.87. The summed E-state index contributed by atoms with van der Waals surface area (Å²) < 4.78 is 0. The number of carbonyl (C=O) groups is 2. The first kappa shape index (κ1) is 13.8. The summed E-state index contributed by atoms with van der Waals surface area (Å²) in [6.45, 7) is 7.05. The van der Waals surface area contributed by atoms with Gasteiger partial charge in [0.15, 0.2) is 0 Å². The molecule has 0 aromatic carbocycles. The molecule has 0 aromatic rings. The van der Waals surface area contributed by atoms with E-state index in [9.17, 15) is 9.59 Å². The lowest BCUT2D eigenvalue weighted by atomic mass is 10.2. The summed E-state index contributed by atoms with van der Waals surface area (Å²) >= 11 is 0. The maximum absolute atomic E-state index is 11.3. The minimum Gasteiger partial charge on any atom is -0.343 e. The fourth-order valence-corrected chi connectivity index (χ4v) is 1.77. The molecular weight excluding hydrogens is 218 g/mol. The Morgan fingerprint density at radius 3 is 2.76 bits per heavy atom. The number of urea groups is 1. The Kier molecular flexibility index (Phi) is 5.80. The van der Waals surface area contributed by atoms with Gasteiger partial charge in [0, 0.05) is 32.6 Å². The number of amides is 3. The van der Waals surface area contributed by atoms with Gasteiger partial charge in [-0.3, -0.25) is 4.79 Å². The third-order valence-electron chi connectivity index (χ3n) is 2.73. The normalized spacial score (nSPS) is 15.5. The zero-order valence-electron chi connectivity index (χ0n) is 10.8. The zero-order valence-corrected chi connectivity index (χ0v) is 10.8. The Morgan fingerprint density at radius 2 is 2.18 bits per heavy atom. The minimum atomic E-state index is -0.119. The molecule has 0 aliphatic carbocycles. The van der Waals surface area contributed by atoms with Crippen molar-refractivity contribution in [3.8, 4) is 0 Å². The predicted molar refractivity (Wildman–Crippen MR) is 66.7 cm³/mol. The van der Waals surface area contributed by atoms with Crippen LogP contribution in [-0.2, 0) is 4.79 Å². The summed E-state index contributed by atoms with van der Waals surface area (Å²) in [6.07, 6.45) is 2.48. The second-order valence-corrected chi connectivity index (χ2v) is 4.87.